The van der Waals surface area contributed by atoms with Crippen molar-refractivity contribution in [2.24, 2.45) is 0 Å². The van der Waals surface area contributed by atoms with Crippen LogP contribution in [0.4, 0.5) is 0 Å². The molecule has 0 atom stereocenters. The fourth-order valence-corrected chi connectivity index (χ4v) is 5.90. The first-order valence-electron chi connectivity index (χ1n) is 14.9. The van der Waals surface area contributed by atoms with Crippen molar-refractivity contribution in [3.05, 3.63) is 149 Å². The number of rotatable bonds is 2. The van der Waals surface area contributed by atoms with Crippen molar-refractivity contribution < 1.29 is 24.2 Å². The van der Waals surface area contributed by atoms with Crippen LogP contribution >= 0.6 is 0 Å². The van der Waals surface area contributed by atoms with Crippen molar-refractivity contribution in [3.63, 3.8) is 0 Å². The Hall–Kier alpha value is -3.02. The topological polar surface area (TPSA) is 0 Å². The summed E-state index contributed by atoms with van der Waals surface area (Å²) in [6.07, 6.45) is 6.41. The molecule has 1 aliphatic rings. The van der Waals surface area contributed by atoms with Gasteiger partial charge in [-0.25, -0.2) is 11.6 Å². The molecule has 5 aromatic rings. The van der Waals surface area contributed by atoms with Crippen molar-refractivity contribution in [1.29, 1.82) is 0 Å². The van der Waals surface area contributed by atoms with Gasteiger partial charge in [-0.3, -0.25) is 6.08 Å². The molecule has 1 heteroatoms. The molecule has 0 radical (unpaired) electrons. The number of allylic oxidation sites excluding steroid dienone is 4. The van der Waals surface area contributed by atoms with Gasteiger partial charge in [0.15, 0.2) is 0 Å². The molecule has 6 rings (SSSR count). The third-order valence-electron chi connectivity index (χ3n) is 7.67. The maximum atomic E-state index is 3.19. The molecule has 212 valence electrons. The van der Waals surface area contributed by atoms with E-state index in [1.165, 1.54) is 82.4 Å². The van der Waals surface area contributed by atoms with E-state index in [0.29, 0.717) is 0 Å². The van der Waals surface area contributed by atoms with Gasteiger partial charge in [-0.05, 0) is 10.8 Å². The Morgan fingerprint density at radius 3 is 1.38 bits per heavy atom. The Balaban J connectivity index is 0.000000165. The summed E-state index contributed by atoms with van der Waals surface area (Å²) in [6, 6.07) is 37.3. The summed E-state index contributed by atoms with van der Waals surface area (Å²) in [6.45, 7) is 17.8. The van der Waals surface area contributed by atoms with Gasteiger partial charge in [0.25, 0.3) is 0 Å². The fraction of sp³-hybridized carbons (Fsp3) is 0.268. The zero-order valence-corrected chi connectivity index (χ0v) is 29.1. The molecule has 0 saturated carbocycles. The molecule has 0 spiro atoms. The standard InChI is InChI=1S/C21H25.C13H10.C7H9.Zr/c1-20(2,3)16-7-9-18-14(12-16)11-15-13-17(21(4,5)6)8-10-19(15)18;1-3-7-12(8-4-1)11-13-9-5-2-6-10-13;1-6-3-4-7(2)5-6;/h7-13H,1-6H3;1-10H;5H,3H2,1-2H3;/q-1;;-1;+2. The molecule has 42 heavy (non-hydrogen) atoms. The molecule has 0 bridgehead atoms. The van der Waals surface area contributed by atoms with Gasteiger partial charge in [-0.1, -0.05) is 90.8 Å². The normalized spacial score (nSPS) is 13.1. The first kappa shape index (κ1) is 31.9. The van der Waals surface area contributed by atoms with Gasteiger partial charge in [0.2, 0.25) is 0 Å². The van der Waals surface area contributed by atoms with Crippen molar-refractivity contribution in [1.82, 2.24) is 0 Å². The second kappa shape index (κ2) is 13.5. The first-order chi connectivity index (χ1) is 19.8. The van der Waals surface area contributed by atoms with E-state index < -0.39 is 0 Å². The van der Waals surface area contributed by atoms with Crippen LogP contribution in [-0.2, 0) is 35.1 Å². The third kappa shape index (κ3) is 8.29. The summed E-state index contributed by atoms with van der Waals surface area (Å²) in [5, 5.41) is 5.48. The van der Waals surface area contributed by atoms with Crippen LogP contribution in [-0.4, -0.2) is 3.21 Å². The molecule has 0 heterocycles. The third-order valence-corrected chi connectivity index (χ3v) is 9.09. The van der Waals surface area contributed by atoms with E-state index in [9.17, 15) is 0 Å². The van der Waals surface area contributed by atoms with E-state index in [-0.39, 0.29) is 10.8 Å². The van der Waals surface area contributed by atoms with E-state index >= 15 is 0 Å². The van der Waals surface area contributed by atoms with Gasteiger partial charge in [0.05, 0.1) is 0 Å². The van der Waals surface area contributed by atoms with Crippen LogP contribution < -0.4 is 0 Å². The molecule has 0 nitrogen and oxygen atoms in total. The average Bonchev–Trinajstić information content (AvgIpc) is 3.53. The monoisotopic (exact) mass is 626 g/mol. The van der Waals surface area contributed by atoms with Crippen LogP contribution in [0.5, 0.6) is 0 Å². The predicted molar refractivity (Wildman–Crippen MR) is 181 cm³/mol. The van der Waals surface area contributed by atoms with Crippen molar-refractivity contribution >= 4 is 24.8 Å². The van der Waals surface area contributed by atoms with Gasteiger partial charge in [0, 0.05) is 0 Å². The molecule has 0 unspecified atom stereocenters. The molecule has 0 fully saturated rings. The summed E-state index contributed by atoms with van der Waals surface area (Å²) in [5.41, 5.74) is 8.59. The van der Waals surface area contributed by atoms with Crippen LogP contribution in [0.3, 0.4) is 0 Å². The minimum atomic E-state index is 0.203. The summed E-state index contributed by atoms with van der Waals surface area (Å²) in [7, 11) is 0. The van der Waals surface area contributed by atoms with Crippen LogP contribution in [0, 0.1) is 6.08 Å². The van der Waals surface area contributed by atoms with Gasteiger partial charge in [0.1, 0.15) is 0 Å². The number of hydrogen-bond donors (Lipinski definition) is 0. The molecule has 0 N–H and O–H groups in total. The predicted octanol–water partition coefficient (Wildman–Crippen LogP) is 11.2. The van der Waals surface area contributed by atoms with E-state index in [4.69, 9.17) is 0 Å². The summed E-state index contributed by atoms with van der Waals surface area (Å²) < 4.78 is 1.42. The molecule has 0 aromatic heterocycles. The Morgan fingerprint density at radius 1 is 0.643 bits per heavy atom. The second-order valence-electron chi connectivity index (χ2n) is 13.4. The van der Waals surface area contributed by atoms with Crippen LogP contribution in [0.1, 0.15) is 84.1 Å². The molecule has 0 amide bonds. The van der Waals surface area contributed by atoms with E-state index in [2.05, 4.69) is 171 Å². The average molecular weight is 628 g/mol. The van der Waals surface area contributed by atoms with Crippen LogP contribution in [0.15, 0.2) is 120 Å². The quantitative estimate of drug-likeness (QED) is 0.171. The van der Waals surface area contributed by atoms with Gasteiger partial charge in [-0.2, -0.15) is 5.57 Å². The fourth-order valence-electron chi connectivity index (χ4n) is 5.08. The zero-order chi connectivity index (χ0) is 30.5. The summed E-state index contributed by atoms with van der Waals surface area (Å²) >= 11 is 1.46. The van der Waals surface area contributed by atoms with E-state index in [1.807, 2.05) is 0 Å². The molecule has 0 aliphatic heterocycles. The van der Waals surface area contributed by atoms with Gasteiger partial charge < -0.3 is 0 Å². The summed E-state index contributed by atoms with van der Waals surface area (Å²) in [5.74, 6) is 0. The zero-order valence-electron chi connectivity index (χ0n) is 26.6. The number of fused-ring (bicyclic) bond motifs is 3. The Bertz CT molecular complexity index is 1600. The second-order valence-corrected chi connectivity index (χ2v) is 14.6. The Morgan fingerprint density at radius 2 is 1.07 bits per heavy atom. The number of benzene rings is 4. The van der Waals surface area contributed by atoms with Crippen molar-refractivity contribution in [3.8, 4) is 0 Å². The SMILES string of the molecule is CC(C)(C)c1ccc2c(c1)[cH-]c1cc(C(C)(C)C)ccc12.CC1=[C-]CC(C)=C1.[Zr+2]=[C](c1ccccc1)c1ccccc1. The van der Waals surface area contributed by atoms with Crippen LogP contribution in [0.25, 0.3) is 21.5 Å². The molecular weight excluding hydrogens is 584 g/mol. The van der Waals surface area contributed by atoms with E-state index in [1.54, 1.807) is 0 Å². The van der Waals surface area contributed by atoms with Crippen LogP contribution in [0.2, 0.25) is 0 Å². The molecule has 0 saturated heterocycles. The minimum absolute atomic E-state index is 0.203. The Labute approximate surface area is 268 Å². The Kier molecular flexibility index (Phi) is 10.3. The summed E-state index contributed by atoms with van der Waals surface area (Å²) in [4.78, 5) is 0. The van der Waals surface area contributed by atoms with Crippen molar-refractivity contribution in [2.45, 2.75) is 72.6 Å². The van der Waals surface area contributed by atoms with E-state index in [0.717, 1.165) is 6.42 Å². The van der Waals surface area contributed by atoms with Gasteiger partial charge in [-0.15, -0.1) is 46.2 Å². The molecular formula is C41H44Zr. The van der Waals surface area contributed by atoms with Crippen molar-refractivity contribution in [2.75, 3.05) is 0 Å². The molecule has 1 aliphatic carbocycles. The molecule has 5 aromatic carbocycles. The maximum absolute atomic E-state index is 3.19. The number of hydrogen-bond acceptors (Lipinski definition) is 0. The first-order valence-corrected chi connectivity index (χ1v) is 16.1. The van der Waals surface area contributed by atoms with Gasteiger partial charge >= 0.3 is 99.2 Å².